The molecule has 3 aromatic rings. The van der Waals surface area contributed by atoms with Crippen LogP contribution >= 0.6 is 0 Å². The van der Waals surface area contributed by atoms with Gasteiger partial charge >= 0.3 is 11.9 Å². The van der Waals surface area contributed by atoms with Crippen molar-refractivity contribution in [1.29, 1.82) is 0 Å². The molecule has 3 N–H and O–H groups in total. The van der Waals surface area contributed by atoms with Crippen molar-refractivity contribution in [2.45, 2.75) is 6.42 Å². The molecular weight excluding hydrogens is 318 g/mol. The lowest BCUT2D eigenvalue weighted by atomic mass is 9.99. The number of carboxylic acid groups (broad SMARTS) is 2. The average Bonchev–Trinajstić information content (AvgIpc) is 2.60. The van der Waals surface area contributed by atoms with E-state index < -0.39 is 17.9 Å². The smallest absolute Gasteiger partial charge is 0.318 e. The maximum absolute atomic E-state index is 11.0. The lowest BCUT2D eigenvalue weighted by molar-refractivity contribution is -0.154. The first kappa shape index (κ1) is 16.5. The van der Waals surface area contributed by atoms with Crippen LogP contribution in [-0.4, -0.2) is 22.2 Å². The number of carboxylic acids is 2. The van der Waals surface area contributed by atoms with E-state index in [0.29, 0.717) is 5.56 Å². The summed E-state index contributed by atoms with van der Waals surface area (Å²) in [6.45, 7) is 0. The molecule has 0 heterocycles. The lowest BCUT2D eigenvalue weighted by Crippen LogP contribution is -2.25. The Morgan fingerprint density at radius 1 is 0.800 bits per heavy atom. The van der Waals surface area contributed by atoms with Crippen molar-refractivity contribution in [3.05, 3.63) is 72.3 Å². The second-order valence-corrected chi connectivity index (χ2v) is 5.82. The number of carbonyl (C=O) groups is 2. The summed E-state index contributed by atoms with van der Waals surface area (Å²) in [5.41, 5.74) is 2.46. The predicted molar refractivity (Wildman–Crippen MR) is 96.1 cm³/mol. The number of benzene rings is 3. The third kappa shape index (κ3) is 3.95. The zero-order chi connectivity index (χ0) is 17.8. The van der Waals surface area contributed by atoms with Crippen molar-refractivity contribution in [1.82, 2.24) is 0 Å². The van der Waals surface area contributed by atoms with Gasteiger partial charge in [-0.2, -0.15) is 0 Å². The van der Waals surface area contributed by atoms with Gasteiger partial charge in [0.05, 0.1) is 0 Å². The summed E-state index contributed by atoms with van der Waals surface area (Å²) < 4.78 is 0. The van der Waals surface area contributed by atoms with E-state index in [1.807, 2.05) is 48.5 Å². The van der Waals surface area contributed by atoms with E-state index >= 15 is 0 Å². The monoisotopic (exact) mass is 335 g/mol. The zero-order valence-electron chi connectivity index (χ0n) is 13.3. The van der Waals surface area contributed by atoms with Gasteiger partial charge in [0.25, 0.3) is 0 Å². The molecule has 0 aromatic heterocycles. The highest BCUT2D eigenvalue weighted by Crippen LogP contribution is 2.23. The molecule has 0 amide bonds. The van der Waals surface area contributed by atoms with Crippen molar-refractivity contribution in [2.75, 3.05) is 5.32 Å². The second-order valence-electron chi connectivity index (χ2n) is 5.82. The van der Waals surface area contributed by atoms with E-state index in [1.165, 1.54) is 0 Å². The van der Waals surface area contributed by atoms with Gasteiger partial charge in [0.2, 0.25) is 0 Å². The number of hydrogen-bond donors (Lipinski definition) is 3. The standard InChI is InChI=1S/C20H17NO4/c22-19(23)18(20(24)25)11-13-5-8-16(9-6-13)21-17-10-7-14-3-1-2-4-15(14)12-17/h1-10,12,18,21H,11H2,(H,22,23)(H,24,25). The van der Waals surface area contributed by atoms with E-state index in [0.717, 1.165) is 22.1 Å². The minimum atomic E-state index is -1.43. The number of hydrogen-bond acceptors (Lipinski definition) is 3. The summed E-state index contributed by atoms with van der Waals surface area (Å²) in [6.07, 6.45) is -0.0408. The van der Waals surface area contributed by atoms with Crippen LogP contribution in [0.5, 0.6) is 0 Å². The second kappa shape index (κ2) is 7.05. The topological polar surface area (TPSA) is 86.6 Å². The van der Waals surface area contributed by atoms with Crippen molar-refractivity contribution in [2.24, 2.45) is 5.92 Å². The molecule has 0 atom stereocenters. The van der Waals surface area contributed by atoms with Crippen LogP contribution in [0.25, 0.3) is 10.8 Å². The Hall–Kier alpha value is -3.34. The van der Waals surface area contributed by atoms with Crippen LogP contribution in [0.15, 0.2) is 66.7 Å². The summed E-state index contributed by atoms with van der Waals surface area (Å²) >= 11 is 0. The highest BCUT2D eigenvalue weighted by molar-refractivity contribution is 5.93. The van der Waals surface area contributed by atoms with Crippen LogP contribution in [0.4, 0.5) is 11.4 Å². The quantitative estimate of drug-likeness (QED) is 0.595. The first-order valence-electron chi connectivity index (χ1n) is 7.83. The molecule has 3 rings (SSSR count). The van der Waals surface area contributed by atoms with Crippen LogP contribution < -0.4 is 5.32 Å². The third-order valence-electron chi connectivity index (χ3n) is 4.03. The van der Waals surface area contributed by atoms with Gasteiger partial charge in [-0.15, -0.1) is 0 Å². The Bertz CT molecular complexity index is 904. The summed E-state index contributed by atoms with van der Waals surface area (Å²) in [4.78, 5) is 21.9. The first-order chi connectivity index (χ1) is 12.0. The fraction of sp³-hybridized carbons (Fsp3) is 0.100. The maximum Gasteiger partial charge on any atom is 0.318 e. The molecule has 0 aliphatic rings. The molecule has 0 spiro atoms. The van der Waals surface area contributed by atoms with Gasteiger partial charge in [0.1, 0.15) is 0 Å². The van der Waals surface area contributed by atoms with Gasteiger partial charge in [0, 0.05) is 11.4 Å². The fourth-order valence-electron chi connectivity index (χ4n) is 2.67. The van der Waals surface area contributed by atoms with Gasteiger partial charge < -0.3 is 15.5 Å². The predicted octanol–water partition coefficient (Wildman–Crippen LogP) is 3.91. The van der Waals surface area contributed by atoms with Gasteiger partial charge in [-0.1, -0.05) is 42.5 Å². The molecule has 25 heavy (non-hydrogen) atoms. The number of fused-ring (bicyclic) bond motifs is 1. The Kier molecular flexibility index (Phi) is 4.66. The molecule has 0 unspecified atom stereocenters. The highest BCUT2D eigenvalue weighted by Gasteiger charge is 2.25. The highest BCUT2D eigenvalue weighted by atomic mass is 16.4. The summed E-state index contributed by atoms with van der Waals surface area (Å²) in [5, 5.41) is 23.5. The van der Waals surface area contributed by atoms with Crippen LogP contribution in [0.3, 0.4) is 0 Å². The van der Waals surface area contributed by atoms with Gasteiger partial charge in [-0.05, 0) is 47.0 Å². The molecule has 0 saturated carbocycles. The van der Waals surface area contributed by atoms with E-state index in [-0.39, 0.29) is 6.42 Å². The van der Waals surface area contributed by atoms with Crippen LogP contribution in [0.1, 0.15) is 5.56 Å². The minimum Gasteiger partial charge on any atom is -0.481 e. The van der Waals surface area contributed by atoms with Crippen molar-refractivity contribution >= 4 is 34.1 Å². The molecule has 0 aliphatic carbocycles. The number of anilines is 2. The summed E-state index contributed by atoms with van der Waals surface area (Å²) in [5.74, 6) is -4.09. The molecule has 3 aromatic carbocycles. The molecule has 5 nitrogen and oxygen atoms in total. The molecule has 0 saturated heterocycles. The average molecular weight is 335 g/mol. The molecule has 126 valence electrons. The first-order valence-corrected chi connectivity index (χ1v) is 7.83. The molecule has 0 radical (unpaired) electrons. The maximum atomic E-state index is 11.0. The summed E-state index contributed by atoms with van der Waals surface area (Å²) in [7, 11) is 0. The largest absolute Gasteiger partial charge is 0.481 e. The van der Waals surface area contributed by atoms with Gasteiger partial charge in [0.15, 0.2) is 5.92 Å². The molecule has 0 fully saturated rings. The molecule has 5 heteroatoms. The van der Waals surface area contributed by atoms with E-state index in [1.54, 1.807) is 12.1 Å². The fourth-order valence-corrected chi connectivity index (χ4v) is 2.67. The summed E-state index contributed by atoms with van der Waals surface area (Å²) in [6, 6.07) is 21.3. The lowest BCUT2D eigenvalue weighted by Gasteiger charge is -2.10. The normalized spacial score (nSPS) is 10.8. The Balaban J connectivity index is 1.73. The van der Waals surface area contributed by atoms with E-state index in [4.69, 9.17) is 10.2 Å². The van der Waals surface area contributed by atoms with Crippen molar-refractivity contribution in [3.8, 4) is 0 Å². The Morgan fingerprint density at radius 2 is 1.40 bits per heavy atom. The minimum absolute atomic E-state index is 0.0408. The molecule has 0 bridgehead atoms. The zero-order valence-corrected chi connectivity index (χ0v) is 13.3. The van der Waals surface area contributed by atoms with Crippen molar-refractivity contribution < 1.29 is 19.8 Å². The van der Waals surface area contributed by atoms with E-state index in [2.05, 4.69) is 11.4 Å². The Labute approximate surface area is 144 Å². The van der Waals surface area contributed by atoms with Gasteiger partial charge in [-0.3, -0.25) is 9.59 Å². The van der Waals surface area contributed by atoms with E-state index in [9.17, 15) is 9.59 Å². The van der Waals surface area contributed by atoms with Crippen molar-refractivity contribution in [3.63, 3.8) is 0 Å². The Morgan fingerprint density at radius 3 is 2.04 bits per heavy atom. The number of aliphatic carboxylic acids is 2. The van der Waals surface area contributed by atoms with Crippen LogP contribution in [0, 0.1) is 5.92 Å². The molecule has 0 aliphatic heterocycles. The SMILES string of the molecule is O=C(O)C(Cc1ccc(Nc2ccc3ccccc3c2)cc1)C(=O)O. The third-order valence-corrected chi connectivity index (χ3v) is 4.03. The van der Waals surface area contributed by atoms with Gasteiger partial charge in [-0.25, -0.2) is 0 Å². The number of rotatable bonds is 6. The number of nitrogens with one attached hydrogen (secondary N) is 1. The van der Waals surface area contributed by atoms with Crippen LogP contribution in [0.2, 0.25) is 0 Å². The molecular formula is C20H17NO4. The van der Waals surface area contributed by atoms with Crippen LogP contribution in [-0.2, 0) is 16.0 Å².